The molecule has 142 valence electrons. The summed E-state index contributed by atoms with van der Waals surface area (Å²) >= 11 is 4.16. The highest BCUT2D eigenvalue weighted by atomic mass is 32.1. The average Bonchev–Trinajstić information content (AvgIpc) is 2.53. The van der Waals surface area contributed by atoms with Crippen molar-refractivity contribution < 1.29 is 14.7 Å². The van der Waals surface area contributed by atoms with Gasteiger partial charge >= 0.3 is 0 Å². The van der Waals surface area contributed by atoms with E-state index in [4.69, 9.17) is 0 Å². The number of aliphatic hydroxyl groups is 1. The number of nitrogens with one attached hydrogen (secondary N) is 1. The Kier molecular flexibility index (Phi) is 11.4. The topological polar surface area (TPSA) is 69.6 Å². The summed E-state index contributed by atoms with van der Waals surface area (Å²) in [6.45, 7) is 7.87. The number of aliphatic hydroxyl groups excluding tert-OH is 1. The lowest BCUT2D eigenvalue weighted by molar-refractivity contribution is -0.147. The van der Waals surface area contributed by atoms with Crippen molar-refractivity contribution in [2.24, 2.45) is 5.92 Å². The van der Waals surface area contributed by atoms with Crippen molar-refractivity contribution >= 4 is 24.4 Å². The summed E-state index contributed by atoms with van der Waals surface area (Å²) in [7, 11) is 1.56. The number of unbranched alkanes of at least 4 members (excludes halogenated alkanes) is 4. The molecule has 5 nitrogen and oxygen atoms in total. The second-order valence-corrected chi connectivity index (χ2v) is 7.69. The smallest absolute Gasteiger partial charge is 0.239 e. The van der Waals surface area contributed by atoms with Crippen LogP contribution in [0, 0.1) is 5.92 Å². The van der Waals surface area contributed by atoms with Crippen LogP contribution in [0.3, 0.4) is 0 Å². The third-order valence-electron chi connectivity index (χ3n) is 4.24. The van der Waals surface area contributed by atoms with E-state index >= 15 is 0 Å². The van der Waals surface area contributed by atoms with Gasteiger partial charge in [0.25, 0.3) is 0 Å². The summed E-state index contributed by atoms with van der Waals surface area (Å²) in [6, 6.07) is 0. The van der Waals surface area contributed by atoms with Gasteiger partial charge in [0.15, 0.2) is 0 Å². The lowest BCUT2D eigenvalue weighted by atomic mass is 9.92. The SMILES string of the molecule is CCCCCCCC(C(=O)N(CC(=O)NC)C(C)(C)C)C(O)CS. The van der Waals surface area contributed by atoms with Crippen molar-refractivity contribution in [1.29, 1.82) is 0 Å². The predicted octanol–water partition coefficient (Wildman–Crippen LogP) is 2.63. The van der Waals surface area contributed by atoms with Crippen LogP contribution in [0.4, 0.5) is 0 Å². The average molecular weight is 361 g/mol. The predicted molar refractivity (Wildman–Crippen MR) is 102 cm³/mol. The van der Waals surface area contributed by atoms with Crippen molar-refractivity contribution in [3.05, 3.63) is 0 Å². The maximum Gasteiger partial charge on any atom is 0.239 e. The van der Waals surface area contributed by atoms with Gasteiger partial charge in [-0.3, -0.25) is 9.59 Å². The molecule has 0 aromatic carbocycles. The standard InChI is InChI=1S/C18H36N2O3S/c1-6-7-8-9-10-11-14(15(21)13-24)17(23)20(18(2,3)4)12-16(22)19-5/h14-15,21,24H,6-13H2,1-5H3,(H,19,22). The fraction of sp³-hybridized carbons (Fsp3) is 0.889. The number of hydrogen-bond donors (Lipinski definition) is 3. The Morgan fingerprint density at radius 3 is 2.21 bits per heavy atom. The molecule has 2 atom stereocenters. The van der Waals surface area contributed by atoms with Gasteiger partial charge in [-0.15, -0.1) is 0 Å². The zero-order valence-electron chi connectivity index (χ0n) is 16.0. The van der Waals surface area contributed by atoms with Crippen molar-refractivity contribution in [1.82, 2.24) is 10.2 Å². The van der Waals surface area contributed by atoms with Gasteiger partial charge in [0.05, 0.1) is 12.0 Å². The molecule has 6 heteroatoms. The monoisotopic (exact) mass is 360 g/mol. The fourth-order valence-electron chi connectivity index (χ4n) is 2.64. The molecule has 0 aromatic heterocycles. The number of thiol groups is 1. The summed E-state index contributed by atoms with van der Waals surface area (Å²) in [5, 5.41) is 12.8. The van der Waals surface area contributed by atoms with Crippen LogP contribution >= 0.6 is 12.6 Å². The maximum atomic E-state index is 13.0. The number of carbonyl (C=O) groups is 2. The van der Waals surface area contributed by atoms with Crippen LogP contribution in [0.25, 0.3) is 0 Å². The Hall–Kier alpha value is -0.750. The Morgan fingerprint density at radius 2 is 1.75 bits per heavy atom. The van der Waals surface area contributed by atoms with Gasteiger partial charge < -0.3 is 15.3 Å². The second kappa shape index (κ2) is 11.7. The lowest BCUT2D eigenvalue weighted by Gasteiger charge is -2.38. The van der Waals surface area contributed by atoms with E-state index in [1.165, 1.54) is 12.8 Å². The first-order valence-corrected chi connectivity index (χ1v) is 9.63. The van der Waals surface area contributed by atoms with Crippen LogP contribution in [0.5, 0.6) is 0 Å². The van der Waals surface area contributed by atoms with Crippen molar-refractivity contribution in [3.8, 4) is 0 Å². The number of carbonyl (C=O) groups excluding carboxylic acids is 2. The van der Waals surface area contributed by atoms with Crippen LogP contribution in [0.15, 0.2) is 0 Å². The third-order valence-corrected chi connectivity index (χ3v) is 4.62. The number of hydrogen-bond acceptors (Lipinski definition) is 4. The minimum absolute atomic E-state index is 0.00442. The molecule has 0 fully saturated rings. The summed E-state index contributed by atoms with van der Waals surface area (Å²) in [5.41, 5.74) is -0.486. The summed E-state index contributed by atoms with van der Waals surface area (Å²) in [5.74, 6) is -0.639. The van der Waals surface area contributed by atoms with E-state index < -0.39 is 17.6 Å². The van der Waals surface area contributed by atoms with Gasteiger partial charge in [-0.05, 0) is 27.2 Å². The summed E-state index contributed by atoms with van der Waals surface area (Å²) in [4.78, 5) is 26.4. The maximum absolute atomic E-state index is 13.0. The van der Waals surface area contributed by atoms with Crippen molar-refractivity contribution in [2.75, 3.05) is 19.3 Å². The number of amides is 2. The van der Waals surface area contributed by atoms with E-state index in [9.17, 15) is 14.7 Å². The first-order chi connectivity index (χ1) is 11.2. The molecule has 0 bridgehead atoms. The molecule has 0 heterocycles. The molecule has 0 aliphatic carbocycles. The highest BCUT2D eigenvalue weighted by Gasteiger charge is 2.35. The molecule has 0 radical (unpaired) electrons. The molecule has 2 unspecified atom stereocenters. The molecule has 0 saturated carbocycles. The Balaban J connectivity index is 5.04. The molecule has 24 heavy (non-hydrogen) atoms. The minimum atomic E-state index is -0.790. The molecule has 0 aliphatic rings. The van der Waals surface area contributed by atoms with Gasteiger partial charge in [0.2, 0.25) is 11.8 Å². The van der Waals surface area contributed by atoms with E-state index in [0.717, 1.165) is 19.3 Å². The summed E-state index contributed by atoms with van der Waals surface area (Å²) in [6.07, 6.45) is 5.31. The molecule has 0 aromatic rings. The molecule has 0 saturated heterocycles. The zero-order valence-corrected chi connectivity index (χ0v) is 16.9. The van der Waals surface area contributed by atoms with Gasteiger partial charge in [-0.25, -0.2) is 0 Å². The zero-order chi connectivity index (χ0) is 18.8. The van der Waals surface area contributed by atoms with E-state index in [1.807, 2.05) is 20.8 Å². The first kappa shape index (κ1) is 23.2. The van der Waals surface area contributed by atoms with Gasteiger partial charge in [0.1, 0.15) is 6.54 Å². The number of likely N-dealkylation sites (N-methyl/N-ethyl adjacent to an activating group) is 1. The molecule has 0 aliphatic heterocycles. The first-order valence-electron chi connectivity index (χ1n) is 9.00. The largest absolute Gasteiger partial charge is 0.391 e. The van der Waals surface area contributed by atoms with Crippen LogP contribution in [-0.4, -0.2) is 52.8 Å². The Morgan fingerprint density at radius 1 is 1.17 bits per heavy atom. The van der Waals surface area contributed by atoms with Gasteiger partial charge in [-0.2, -0.15) is 12.6 Å². The molecular weight excluding hydrogens is 324 g/mol. The summed E-state index contributed by atoms with van der Waals surface area (Å²) < 4.78 is 0. The molecule has 0 rings (SSSR count). The van der Waals surface area contributed by atoms with Gasteiger partial charge in [-0.1, -0.05) is 39.0 Å². The van der Waals surface area contributed by atoms with Crippen LogP contribution in [0.2, 0.25) is 0 Å². The third kappa shape index (κ3) is 8.38. The van der Waals surface area contributed by atoms with Crippen LogP contribution < -0.4 is 5.32 Å². The number of nitrogens with zero attached hydrogens (tertiary/aromatic N) is 1. The molecule has 2 amide bonds. The highest BCUT2D eigenvalue weighted by Crippen LogP contribution is 2.23. The Labute approximate surface area is 153 Å². The lowest BCUT2D eigenvalue weighted by Crippen LogP contribution is -2.53. The molecule has 2 N–H and O–H groups in total. The highest BCUT2D eigenvalue weighted by molar-refractivity contribution is 7.80. The van der Waals surface area contributed by atoms with E-state index in [0.29, 0.717) is 6.42 Å². The molecular formula is C18H36N2O3S. The van der Waals surface area contributed by atoms with E-state index in [-0.39, 0.29) is 24.1 Å². The Bertz CT molecular complexity index is 383. The van der Waals surface area contributed by atoms with Gasteiger partial charge in [0, 0.05) is 18.3 Å². The second-order valence-electron chi connectivity index (χ2n) is 7.33. The van der Waals surface area contributed by atoms with E-state index in [1.54, 1.807) is 11.9 Å². The van der Waals surface area contributed by atoms with Crippen LogP contribution in [-0.2, 0) is 9.59 Å². The normalized spacial score (nSPS) is 14.1. The van der Waals surface area contributed by atoms with Crippen molar-refractivity contribution in [2.45, 2.75) is 77.9 Å². The molecule has 0 spiro atoms. The van der Waals surface area contributed by atoms with Crippen molar-refractivity contribution in [3.63, 3.8) is 0 Å². The van der Waals surface area contributed by atoms with Crippen LogP contribution in [0.1, 0.15) is 66.2 Å². The fourth-order valence-corrected chi connectivity index (χ4v) is 2.90. The number of rotatable bonds is 11. The quantitative estimate of drug-likeness (QED) is 0.392. The van der Waals surface area contributed by atoms with E-state index in [2.05, 4.69) is 24.9 Å². The minimum Gasteiger partial charge on any atom is -0.391 e.